The Labute approximate surface area is 189 Å². The average Bonchev–Trinajstić information content (AvgIpc) is 3.24. The Bertz CT molecular complexity index is 1260. The van der Waals surface area contributed by atoms with Crippen molar-refractivity contribution in [2.45, 2.75) is 13.3 Å². The van der Waals surface area contributed by atoms with E-state index < -0.39 is 0 Å². The molecule has 0 aliphatic carbocycles. The third-order valence-electron chi connectivity index (χ3n) is 5.06. The molecular weight excluding hydrogens is 428 g/mol. The molecule has 0 radical (unpaired) electrons. The first-order chi connectivity index (χ1) is 15.6. The summed E-state index contributed by atoms with van der Waals surface area (Å²) in [5, 5.41) is 9.81. The minimum absolute atomic E-state index is 0.0269. The topological polar surface area (TPSA) is 86.4 Å². The van der Waals surface area contributed by atoms with Gasteiger partial charge in [-0.2, -0.15) is 5.10 Å². The highest BCUT2D eigenvalue weighted by Gasteiger charge is 2.18. The summed E-state index contributed by atoms with van der Waals surface area (Å²) in [4.78, 5) is 16.9. The number of nitrogens with zero attached hydrogens (tertiary/aromatic N) is 3. The molecule has 1 N–H and O–H groups in total. The van der Waals surface area contributed by atoms with Crippen molar-refractivity contribution >= 4 is 28.6 Å². The van der Waals surface area contributed by atoms with Crippen LogP contribution in [0.2, 0.25) is 0 Å². The Balaban J connectivity index is 1.81. The first-order valence-corrected chi connectivity index (χ1v) is 11.0. The number of carbonyl (C=O) groups excluding carboxylic acids is 1. The van der Waals surface area contributed by atoms with Gasteiger partial charge in [0.05, 0.1) is 31.3 Å². The molecule has 166 valence electrons. The summed E-state index contributed by atoms with van der Waals surface area (Å²) >= 11 is 1.50. The van der Waals surface area contributed by atoms with E-state index in [1.807, 2.05) is 46.5 Å². The predicted molar refractivity (Wildman–Crippen MR) is 125 cm³/mol. The summed E-state index contributed by atoms with van der Waals surface area (Å²) in [7, 11) is 4.97. The summed E-state index contributed by atoms with van der Waals surface area (Å²) in [5.74, 6) is 1.79. The van der Waals surface area contributed by atoms with Crippen LogP contribution in [0.1, 0.15) is 18.9 Å². The van der Waals surface area contributed by atoms with Crippen molar-refractivity contribution in [3.05, 3.63) is 52.1 Å². The predicted octanol–water partition coefficient (Wildman–Crippen LogP) is 3.76. The molecule has 0 bridgehead atoms. The molecule has 0 atom stereocenters. The number of amides is 1. The molecule has 2 aromatic carbocycles. The van der Waals surface area contributed by atoms with Crippen molar-refractivity contribution in [3.8, 4) is 28.5 Å². The van der Waals surface area contributed by atoms with Gasteiger partial charge in [0.15, 0.2) is 18.1 Å². The maximum absolute atomic E-state index is 11.7. The minimum Gasteiger partial charge on any atom is -0.493 e. The van der Waals surface area contributed by atoms with Crippen LogP contribution in [0.4, 0.5) is 5.69 Å². The van der Waals surface area contributed by atoms with Crippen LogP contribution >= 0.6 is 11.3 Å². The number of anilines is 1. The Morgan fingerprint density at radius 1 is 1.19 bits per heavy atom. The highest BCUT2D eigenvalue weighted by molar-refractivity contribution is 7.07. The van der Waals surface area contributed by atoms with Gasteiger partial charge in [0.2, 0.25) is 4.80 Å². The zero-order chi connectivity index (χ0) is 22.7. The highest BCUT2D eigenvalue weighted by Crippen LogP contribution is 2.33. The van der Waals surface area contributed by atoms with Gasteiger partial charge in [0.1, 0.15) is 5.75 Å². The summed E-state index contributed by atoms with van der Waals surface area (Å²) in [6, 6.07) is 11.4. The maximum Gasteiger partial charge on any atom is 0.262 e. The summed E-state index contributed by atoms with van der Waals surface area (Å²) < 4.78 is 18.1. The van der Waals surface area contributed by atoms with E-state index in [4.69, 9.17) is 19.3 Å². The average molecular weight is 453 g/mol. The third-order valence-corrected chi connectivity index (χ3v) is 5.96. The zero-order valence-electron chi connectivity index (χ0n) is 18.3. The number of aromatic nitrogens is 1. The largest absolute Gasteiger partial charge is 0.493 e. The van der Waals surface area contributed by atoms with E-state index in [1.54, 1.807) is 21.3 Å². The van der Waals surface area contributed by atoms with Gasteiger partial charge in [0.25, 0.3) is 5.91 Å². The number of hydrogen-bond acceptors (Lipinski definition) is 7. The van der Waals surface area contributed by atoms with E-state index in [0.29, 0.717) is 29.4 Å². The SMILES string of the molecule is CCC(=Nn1c(-c2ccc3c(c2)NC(=O)CO3)csc1=NC)c1ccc(OC)c(OC)c1. The molecule has 0 unspecified atom stereocenters. The molecule has 0 spiro atoms. The number of fused-ring (bicyclic) bond motifs is 1. The van der Waals surface area contributed by atoms with E-state index in [1.165, 1.54) is 11.3 Å². The quantitative estimate of drug-likeness (QED) is 0.577. The molecule has 2 heterocycles. The Morgan fingerprint density at radius 3 is 2.72 bits per heavy atom. The second-order valence-electron chi connectivity index (χ2n) is 6.96. The number of benzene rings is 2. The molecule has 0 fully saturated rings. The number of methoxy groups -OCH3 is 2. The fourth-order valence-corrected chi connectivity index (χ4v) is 4.25. The highest BCUT2D eigenvalue weighted by atomic mass is 32.1. The van der Waals surface area contributed by atoms with Gasteiger partial charge in [-0.1, -0.05) is 6.92 Å². The smallest absolute Gasteiger partial charge is 0.262 e. The summed E-state index contributed by atoms with van der Waals surface area (Å²) in [6.45, 7) is 2.08. The van der Waals surface area contributed by atoms with Gasteiger partial charge >= 0.3 is 0 Å². The molecule has 1 amide bonds. The van der Waals surface area contributed by atoms with Crippen LogP contribution in [-0.4, -0.2) is 44.2 Å². The maximum atomic E-state index is 11.7. The van der Waals surface area contributed by atoms with Crippen molar-refractivity contribution in [1.82, 2.24) is 4.68 Å². The van der Waals surface area contributed by atoms with Crippen LogP contribution in [0.25, 0.3) is 11.3 Å². The molecule has 3 aromatic rings. The van der Waals surface area contributed by atoms with Crippen LogP contribution in [0.15, 0.2) is 51.9 Å². The lowest BCUT2D eigenvalue weighted by molar-refractivity contribution is -0.118. The number of thiazole rings is 1. The summed E-state index contributed by atoms with van der Waals surface area (Å²) in [6.07, 6.45) is 0.703. The molecule has 9 heteroatoms. The molecule has 0 saturated carbocycles. The molecule has 4 rings (SSSR count). The number of rotatable bonds is 6. The fraction of sp³-hybridized carbons (Fsp3) is 0.261. The van der Waals surface area contributed by atoms with Gasteiger partial charge in [-0.3, -0.25) is 9.79 Å². The number of carbonyl (C=O) groups is 1. The second kappa shape index (κ2) is 9.27. The molecule has 0 saturated heterocycles. The lowest BCUT2D eigenvalue weighted by Gasteiger charge is -2.18. The molecule has 1 aromatic heterocycles. The monoisotopic (exact) mass is 452 g/mol. The van der Waals surface area contributed by atoms with E-state index in [-0.39, 0.29) is 12.5 Å². The minimum atomic E-state index is -0.170. The van der Waals surface area contributed by atoms with Gasteiger partial charge in [-0.25, -0.2) is 4.68 Å². The van der Waals surface area contributed by atoms with Crippen molar-refractivity contribution in [1.29, 1.82) is 0 Å². The van der Waals surface area contributed by atoms with Crippen LogP contribution in [0.3, 0.4) is 0 Å². The number of hydrogen-bond donors (Lipinski definition) is 1. The molecular formula is C23H24N4O4S. The second-order valence-corrected chi connectivity index (χ2v) is 7.79. The normalized spacial score (nSPS) is 13.9. The summed E-state index contributed by atoms with van der Waals surface area (Å²) in [5.41, 5.74) is 4.21. The van der Waals surface area contributed by atoms with Crippen LogP contribution in [0, 0.1) is 0 Å². The van der Waals surface area contributed by atoms with E-state index >= 15 is 0 Å². The first-order valence-electron chi connectivity index (χ1n) is 10.1. The van der Waals surface area contributed by atoms with Crippen LogP contribution in [-0.2, 0) is 4.79 Å². The number of nitrogens with one attached hydrogen (secondary N) is 1. The van der Waals surface area contributed by atoms with Crippen LogP contribution in [0.5, 0.6) is 17.2 Å². The molecule has 8 nitrogen and oxygen atoms in total. The third kappa shape index (κ3) is 4.11. The van der Waals surface area contributed by atoms with E-state index in [2.05, 4.69) is 17.2 Å². The first kappa shape index (κ1) is 21.6. The molecule has 1 aliphatic heterocycles. The van der Waals surface area contributed by atoms with Gasteiger partial charge in [0, 0.05) is 23.6 Å². The Kier molecular flexibility index (Phi) is 6.27. The molecule has 32 heavy (non-hydrogen) atoms. The Hall–Kier alpha value is -3.59. The van der Waals surface area contributed by atoms with Crippen molar-refractivity contribution in [3.63, 3.8) is 0 Å². The van der Waals surface area contributed by atoms with Gasteiger partial charge < -0.3 is 19.5 Å². The lowest BCUT2D eigenvalue weighted by atomic mass is 10.1. The zero-order valence-corrected chi connectivity index (χ0v) is 19.2. The van der Waals surface area contributed by atoms with Crippen molar-refractivity contribution in [2.24, 2.45) is 10.1 Å². The van der Waals surface area contributed by atoms with Gasteiger partial charge in [-0.15, -0.1) is 11.3 Å². The van der Waals surface area contributed by atoms with E-state index in [0.717, 1.165) is 27.3 Å². The van der Waals surface area contributed by atoms with Crippen molar-refractivity contribution in [2.75, 3.05) is 33.2 Å². The van der Waals surface area contributed by atoms with Gasteiger partial charge in [-0.05, 0) is 42.8 Å². The lowest BCUT2D eigenvalue weighted by Crippen LogP contribution is -2.25. The standard InChI is InChI=1S/C23H24N4O4S/c1-5-16(14-6-9-20(29-3)21(11-14)30-4)26-27-18(13-32-23(27)24-2)15-7-8-19-17(10-15)25-22(28)12-31-19/h6-11,13H,5,12H2,1-4H3,(H,25,28). The Morgan fingerprint density at radius 2 is 2.00 bits per heavy atom. The fourth-order valence-electron chi connectivity index (χ4n) is 3.46. The van der Waals surface area contributed by atoms with Crippen molar-refractivity contribution < 1.29 is 19.0 Å². The molecule has 1 aliphatic rings. The van der Waals surface area contributed by atoms with E-state index in [9.17, 15) is 4.79 Å². The number of ether oxygens (including phenoxy) is 3. The van der Waals surface area contributed by atoms with Crippen LogP contribution < -0.4 is 24.3 Å².